The van der Waals surface area contributed by atoms with Gasteiger partial charge in [0.05, 0.1) is 31.0 Å². The molecule has 0 saturated carbocycles. The van der Waals surface area contributed by atoms with Gasteiger partial charge in [0.1, 0.15) is 65.0 Å². The quantitative estimate of drug-likeness (QED) is 0.114. The SMILES string of the molecule is CC(C)(C)c1ccc2c(C(=O)NC3C(O)[C@@H](CO)OC(S[C@@H]4OC(CO)[C@H](O)[C@H](n5cc(-c6cccc(F)c6)nn5)C4O)[C@@H]3O)c3ccccc3cc2c1. The summed E-state index contributed by atoms with van der Waals surface area (Å²) in [6.07, 6.45) is -7.17. The van der Waals surface area contributed by atoms with Crippen LogP contribution in [-0.4, -0.2) is 118 Å². The number of thioether (sulfide) groups is 1. The van der Waals surface area contributed by atoms with Gasteiger partial charge in [-0.25, -0.2) is 9.07 Å². The molecule has 2 aliphatic rings. The van der Waals surface area contributed by atoms with Crippen molar-refractivity contribution in [2.24, 2.45) is 0 Å². The summed E-state index contributed by atoms with van der Waals surface area (Å²) in [4.78, 5) is 14.3. The van der Waals surface area contributed by atoms with Gasteiger partial charge in [-0.3, -0.25) is 4.79 Å². The minimum atomic E-state index is -1.59. The van der Waals surface area contributed by atoms with Crippen molar-refractivity contribution in [3.05, 3.63) is 95.9 Å². The van der Waals surface area contributed by atoms with E-state index in [9.17, 15) is 39.8 Å². The fourth-order valence-corrected chi connectivity index (χ4v) is 8.54. The van der Waals surface area contributed by atoms with Crippen molar-refractivity contribution in [2.75, 3.05) is 13.2 Å². The lowest BCUT2D eigenvalue weighted by Gasteiger charge is -2.46. The molecule has 1 amide bonds. The molecule has 13 nitrogen and oxygen atoms in total. The van der Waals surface area contributed by atoms with Crippen LogP contribution in [0.4, 0.5) is 4.39 Å². The maximum atomic E-state index is 14.3. The highest BCUT2D eigenvalue weighted by molar-refractivity contribution is 8.00. The molecular weight excluding hydrogens is 720 g/mol. The molecular formula is C39H43FN4O9S. The Morgan fingerprint density at radius 3 is 2.22 bits per heavy atom. The van der Waals surface area contributed by atoms with Crippen LogP contribution in [0.25, 0.3) is 32.8 Å². The van der Waals surface area contributed by atoms with Crippen molar-refractivity contribution >= 4 is 39.2 Å². The highest BCUT2D eigenvalue weighted by Crippen LogP contribution is 2.40. The smallest absolute Gasteiger partial charge is 0.252 e. The van der Waals surface area contributed by atoms with Crippen LogP contribution in [0.3, 0.4) is 0 Å². The van der Waals surface area contributed by atoms with Crippen LogP contribution in [0, 0.1) is 5.82 Å². The number of nitrogens with zero attached hydrogens (tertiary/aromatic N) is 3. The van der Waals surface area contributed by atoms with Gasteiger partial charge in [0, 0.05) is 5.56 Å². The summed E-state index contributed by atoms with van der Waals surface area (Å²) in [7, 11) is 0. The molecule has 10 atom stereocenters. The zero-order valence-corrected chi connectivity index (χ0v) is 30.5. The van der Waals surface area contributed by atoms with Crippen LogP contribution < -0.4 is 5.32 Å². The number of aliphatic hydroxyl groups is 6. The van der Waals surface area contributed by atoms with Crippen LogP contribution in [0.2, 0.25) is 0 Å². The maximum Gasteiger partial charge on any atom is 0.252 e. The van der Waals surface area contributed by atoms with Crippen molar-refractivity contribution in [3.8, 4) is 11.3 Å². The second-order valence-electron chi connectivity index (χ2n) is 14.8. The lowest BCUT2D eigenvalue weighted by atomic mass is 9.84. The highest BCUT2D eigenvalue weighted by atomic mass is 32.2. The molecule has 15 heteroatoms. The van der Waals surface area contributed by atoms with E-state index in [1.54, 1.807) is 6.07 Å². The zero-order chi connectivity index (χ0) is 38.5. The number of halogens is 1. The third-order valence-corrected chi connectivity index (χ3v) is 11.5. The molecule has 3 heterocycles. The average Bonchev–Trinajstić information content (AvgIpc) is 3.63. The minimum absolute atomic E-state index is 0.142. The van der Waals surface area contributed by atoms with Crippen molar-refractivity contribution in [2.45, 2.75) is 85.8 Å². The number of carbonyl (C=O) groups is 1. The summed E-state index contributed by atoms with van der Waals surface area (Å²) in [6, 6.07) is 18.5. The fourth-order valence-electron chi connectivity index (χ4n) is 7.21. The second-order valence-corrected chi connectivity index (χ2v) is 16.0. The van der Waals surface area contributed by atoms with Crippen molar-refractivity contribution < 1.29 is 49.3 Å². The van der Waals surface area contributed by atoms with Crippen LogP contribution in [0.15, 0.2) is 79.0 Å². The third-order valence-electron chi connectivity index (χ3n) is 10.2. The van der Waals surface area contributed by atoms with Gasteiger partial charge in [-0.15, -0.1) is 5.10 Å². The van der Waals surface area contributed by atoms with Crippen LogP contribution in [0.1, 0.15) is 42.7 Å². The van der Waals surface area contributed by atoms with E-state index in [1.807, 2.05) is 48.5 Å². The Kier molecular flexibility index (Phi) is 10.8. The molecule has 5 aromatic rings. The number of rotatable bonds is 8. The topological polar surface area (TPSA) is 200 Å². The standard InChI is InChI=1S/C39H43FN4O9S/c1-39(2,3)22-11-12-25-21(14-22)13-19-7-4-5-10-24(19)29(25)36(51)41-30-32(47)27(17-45)52-37(34(30)49)54-38-35(50)31(33(48)28(18-46)53-38)44-16-26(42-43-44)20-8-6-9-23(40)15-20/h4-16,27-28,30-35,37-38,45-50H,17-18H2,1-3H3,(H,41,51)/t27-,28?,30?,31+,32?,33+,34-,35?,37?,38+/m1/s1. The first-order valence-corrected chi connectivity index (χ1v) is 18.6. The average molecular weight is 763 g/mol. The van der Waals surface area contributed by atoms with E-state index in [0.29, 0.717) is 21.9 Å². The molecule has 1 aromatic heterocycles. The van der Waals surface area contributed by atoms with Gasteiger partial charge in [0.2, 0.25) is 0 Å². The summed E-state index contributed by atoms with van der Waals surface area (Å²) in [5.41, 5.74) is -0.588. The van der Waals surface area contributed by atoms with Crippen LogP contribution in [0.5, 0.6) is 0 Å². The predicted molar refractivity (Wildman–Crippen MR) is 199 cm³/mol. The Bertz CT molecular complexity index is 2150. The molecule has 7 N–H and O–H groups in total. The predicted octanol–water partition coefficient (Wildman–Crippen LogP) is 2.64. The zero-order valence-electron chi connectivity index (χ0n) is 29.7. The second kappa shape index (κ2) is 15.2. The lowest BCUT2D eigenvalue weighted by molar-refractivity contribution is -0.184. The van der Waals surface area contributed by atoms with Gasteiger partial charge >= 0.3 is 0 Å². The van der Waals surface area contributed by atoms with Gasteiger partial charge in [0.15, 0.2) is 0 Å². The Hall–Kier alpha value is -4.03. The van der Waals surface area contributed by atoms with Crippen LogP contribution in [-0.2, 0) is 14.9 Å². The monoisotopic (exact) mass is 762 g/mol. The molecule has 0 spiro atoms. The van der Waals surface area contributed by atoms with E-state index in [-0.39, 0.29) is 11.1 Å². The number of hydrogen-bond donors (Lipinski definition) is 7. The van der Waals surface area contributed by atoms with Crippen molar-refractivity contribution in [3.63, 3.8) is 0 Å². The maximum absolute atomic E-state index is 14.3. The normalized spacial score (nSPS) is 29.1. The van der Waals surface area contributed by atoms with Crippen molar-refractivity contribution in [1.29, 1.82) is 0 Å². The first kappa shape index (κ1) is 38.3. The summed E-state index contributed by atoms with van der Waals surface area (Å²) in [5.74, 6) is -1.06. The lowest BCUT2D eigenvalue weighted by Crippen LogP contribution is -2.64. The first-order valence-electron chi connectivity index (χ1n) is 17.6. The molecule has 54 heavy (non-hydrogen) atoms. The molecule has 286 valence electrons. The molecule has 0 bridgehead atoms. The summed E-state index contributed by atoms with van der Waals surface area (Å²) in [6.45, 7) is 5.00. The van der Waals surface area contributed by atoms with Gasteiger partial charge in [-0.1, -0.05) is 92.3 Å². The number of benzene rings is 4. The molecule has 2 saturated heterocycles. The van der Waals surface area contributed by atoms with E-state index in [0.717, 1.165) is 28.1 Å². The summed E-state index contributed by atoms with van der Waals surface area (Å²) in [5, 5.41) is 80.0. The highest BCUT2D eigenvalue weighted by Gasteiger charge is 2.51. The largest absolute Gasteiger partial charge is 0.394 e. The summed E-state index contributed by atoms with van der Waals surface area (Å²) >= 11 is 0.788. The first-order chi connectivity index (χ1) is 25.8. The van der Waals surface area contributed by atoms with E-state index in [4.69, 9.17) is 9.47 Å². The van der Waals surface area contributed by atoms with E-state index in [1.165, 1.54) is 29.1 Å². The Labute approximate surface area is 314 Å². The molecule has 5 unspecified atom stereocenters. The number of aromatic nitrogens is 3. The van der Waals surface area contributed by atoms with Gasteiger partial charge in [0.25, 0.3) is 5.91 Å². The summed E-state index contributed by atoms with van der Waals surface area (Å²) < 4.78 is 26.9. The molecule has 2 aliphatic heterocycles. The number of amides is 1. The molecule has 0 aliphatic carbocycles. The molecule has 0 radical (unpaired) electrons. The Morgan fingerprint density at radius 1 is 0.833 bits per heavy atom. The van der Waals surface area contributed by atoms with Crippen molar-refractivity contribution in [1.82, 2.24) is 20.3 Å². The molecule has 2 fully saturated rings. The minimum Gasteiger partial charge on any atom is -0.394 e. The number of hydrogen-bond acceptors (Lipinski definition) is 12. The number of nitrogens with one attached hydrogen (secondary N) is 1. The van der Waals surface area contributed by atoms with E-state index >= 15 is 0 Å². The fraction of sp³-hybridized carbons (Fsp3) is 0.410. The van der Waals surface area contributed by atoms with Crippen LogP contribution >= 0.6 is 11.8 Å². The number of aliphatic hydroxyl groups excluding tert-OH is 6. The molecule has 7 rings (SSSR count). The Balaban J connectivity index is 1.17. The van der Waals surface area contributed by atoms with Gasteiger partial charge < -0.3 is 45.4 Å². The van der Waals surface area contributed by atoms with Gasteiger partial charge in [-0.05, 0) is 50.7 Å². The van der Waals surface area contributed by atoms with Gasteiger partial charge in [-0.2, -0.15) is 0 Å². The number of fused-ring (bicyclic) bond motifs is 2. The van der Waals surface area contributed by atoms with E-state index in [2.05, 4.69) is 36.4 Å². The number of carbonyl (C=O) groups excluding carboxylic acids is 1. The van der Waals surface area contributed by atoms with E-state index < -0.39 is 84.5 Å². The number of ether oxygens (including phenoxy) is 2. The Morgan fingerprint density at radius 2 is 1.52 bits per heavy atom. The third kappa shape index (κ3) is 7.23. The molecule has 4 aromatic carbocycles.